The van der Waals surface area contributed by atoms with Crippen LogP contribution in [0.25, 0.3) is 6.08 Å². The van der Waals surface area contributed by atoms with Crippen molar-refractivity contribution in [3.8, 4) is 17.2 Å². The van der Waals surface area contributed by atoms with E-state index in [0.29, 0.717) is 41.6 Å². The zero-order valence-corrected chi connectivity index (χ0v) is 18.4. The first-order valence-electron chi connectivity index (χ1n) is 10.1. The molecular formula is C25H27NO6. The van der Waals surface area contributed by atoms with E-state index in [0.717, 1.165) is 5.56 Å². The predicted molar refractivity (Wildman–Crippen MR) is 121 cm³/mol. The van der Waals surface area contributed by atoms with Crippen molar-refractivity contribution in [2.45, 2.75) is 18.9 Å². The van der Waals surface area contributed by atoms with Crippen LogP contribution in [0.5, 0.6) is 17.2 Å². The van der Waals surface area contributed by atoms with E-state index in [1.54, 1.807) is 64.0 Å². The molecule has 1 amide bonds. The van der Waals surface area contributed by atoms with Crippen LogP contribution < -0.4 is 19.5 Å². The minimum absolute atomic E-state index is 0.215. The largest absolute Gasteiger partial charge is 0.496 e. The van der Waals surface area contributed by atoms with Gasteiger partial charge in [0.1, 0.15) is 28.8 Å². The number of ether oxygens (including phenoxy) is 3. The molecule has 2 heterocycles. The molecule has 0 aliphatic rings. The number of carbonyl (C=O) groups excluding carboxylic acids is 1. The molecule has 1 aromatic carbocycles. The molecule has 0 aliphatic carbocycles. The van der Waals surface area contributed by atoms with Gasteiger partial charge in [-0.05, 0) is 36.8 Å². The Morgan fingerprint density at radius 3 is 2.47 bits per heavy atom. The molecule has 0 spiro atoms. The van der Waals surface area contributed by atoms with Crippen molar-refractivity contribution in [3.63, 3.8) is 0 Å². The first-order valence-corrected chi connectivity index (χ1v) is 10.1. The Kier molecular flexibility index (Phi) is 7.80. The average Bonchev–Trinajstić information content (AvgIpc) is 3.50. The molecule has 1 unspecified atom stereocenters. The molecule has 0 bridgehead atoms. The van der Waals surface area contributed by atoms with Gasteiger partial charge in [0.05, 0.1) is 33.6 Å². The summed E-state index contributed by atoms with van der Waals surface area (Å²) in [4.78, 5) is 12.7. The van der Waals surface area contributed by atoms with Crippen LogP contribution in [-0.2, 0) is 6.42 Å². The van der Waals surface area contributed by atoms with Crippen molar-refractivity contribution < 1.29 is 27.8 Å². The molecule has 3 rings (SSSR count). The lowest BCUT2D eigenvalue weighted by Gasteiger charge is -2.14. The van der Waals surface area contributed by atoms with Gasteiger partial charge in [0.15, 0.2) is 5.76 Å². The Labute approximate surface area is 187 Å². The number of rotatable bonds is 11. The quantitative estimate of drug-likeness (QED) is 0.431. The lowest BCUT2D eigenvalue weighted by molar-refractivity contribution is 0.0915. The Hall–Kier alpha value is -3.87. The first kappa shape index (κ1) is 22.8. The number of nitrogens with one attached hydrogen (secondary N) is 1. The molecule has 0 saturated carbocycles. The smallest absolute Gasteiger partial charge is 0.287 e. The van der Waals surface area contributed by atoms with Crippen LogP contribution in [0.15, 0.2) is 70.2 Å². The monoisotopic (exact) mass is 437 g/mol. The summed E-state index contributed by atoms with van der Waals surface area (Å²) in [6, 6.07) is 10.4. The molecular weight excluding hydrogens is 410 g/mol. The molecule has 2 aromatic heterocycles. The molecule has 0 aliphatic heterocycles. The van der Waals surface area contributed by atoms with Crippen LogP contribution in [0, 0.1) is 0 Å². The van der Waals surface area contributed by atoms with Crippen molar-refractivity contribution >= 4 is 12.0 Å². The van der Waals surface area contributed by atoms with Gasteiger partial charge in [-0.2, -0.15) is 0 Å². The number of hydrogen-bond donors (Lipinski definition) is 1. The molecule has 1 N–H and O–H groups in total. The number of hydrogen-bond acceptors (Lipinski definition) is 6. The molecule has 0 fully saturated rings. The summed E-state index contributed by atoms with van der Waals surface area (Å²) in [5.41, 5.74) is 0.794. The maximum Gasteiger partial charge on any atom is 0.287 e. The SMILES string of the molecule is C=CCC(C=Cc1ccco1)NC(=O)c1ccc(Cc2c(OC)cc(OC)cc2OC)o1. The van der Waals surface area contributed by atoms with Crippen molar-refractivity contribution in [2.24, 2.45) is 0 Å². The Morgan fingerprint density at radius 1 is 1.12 bits per heavy atom. The molecule has 168 valence electrons. The lowest BCUT2D eigenvalue weighted by atomic mass is 10.1. The highest BCUT2D eigenvalue weighted by atomic mass is 16.5. The van der Waals surface area contributed by atoms with Crippen LogP contribution in [0.3, 0.4) is 0 Å². The van der Waals surface area contributed by atoms with E-state index in [4.69, 9.17) is 23.0 Å². The summed E-state index contributed by atoms with van der Waals surface area (Å²) in [7, 11) is 4.73. The van der Waals surface area contributed by atoms with Crippen LogP contribution in [-0.4, -0.2) is 33.3 Å². The van der Waals surface area contributed by atoms with Crippen LogP contribution >= 0.6 is 0 Å². The van der Waals surface area contributed by atoms with E-state index in [-0.39, 0.29) is 17.7 Å². The third-order valence-electron chi connectivity index (χ3n) is 4.83. The topological polar surface area (TPSA) is 83.1 Å². The van der Waals surface area contributed by atoms with Crippen molar-refractivity contribution in [1.29, 1.82) is 0 Å². The number of furan rings is 2. The van der Waals surface area contributed by atoms with Gasteiger partial charge in [-0.25, -0.2) is 0 Å². The Balaban J connectivity index is 1.73. The van der Waals surface area contributed by atoms with Gasteiger partial charge in [0.2, 0.25) is 0 Å². The van der Waals surface area contributed by atoms with Crippen molar-refractivity contribution in [3.05, 3.63) is 84.2 Å². The minimum Gasteiger partial charge on any atom is -0.496 e. The summed E-state index contributed by atoms with van der Waals surface area (Å²) in [5.74, 6) is 3.04. The summed E-state index contributed by atoms with van der Waals surface area (Å²) in [6.07, 6.45) is 7.96. The van der Waals surface area contributed by atoms with Crippen LogP contribution in [0.2, 0.25) is 0 Å². The van der Waals surface area contributed by atoms with E-state index in [1.807, 2.05) is 18.2 Å². The zero-order valence-electron chi connectivity index (χ0n) is 18.4. The zero-order chi connectivity index (χ0) is 22.9. The predicted octanol–water partition coefficient (Wildman–Crippen LogP) is 4.88. The van der Waals surface area contributed by atoms with Crippen LogP contribution in [0.1, 0.15) is 34.1 Å². The van der Waals surface area contributed by atoms with Crippen molar-refractivity contribution in [2.75, 3.05) is 21.3 Å². The fraction of sp³-hybridized carbons (Fsp3) is 0.240. The second kappa shape index (κ2) is 10.9. The third kappa shape index (κ3) is 5.63. The lowest BCUT2D eigenvalue weighted by Crippen LogP contribution is -2.32. The van der Waals surface area contributed by atoms with Gasteiger partial charge in [0.25, 0.3) is 5.91 Å². The van der Waals surface area contributed by atoms with E-state index in [2.05, 4.69) is 11.9 Å². The summed E-state index contributed by atoms with van der Waals surface area (Å²) in [5, 5.41) is 2.94. The molecule has 0 saturated heterocycles. The van der Waals surface area contributed by atoms with Gasteiger partial charge in [-0.15, -0.1) is 6.58 Å². The van der Waals surface area contributed by atoms with E-state index in [1.165, 1.54) is 0 Å². The minimum atomic E-state index is -0.319. The highest BCUT2D eigenvalue weighted by molar-refractivity contribution is 5.91. The molecule has 32 heavy (non-hydrogen) atoms. The maximum atomic E-state index is 12.7. The van der Waals surface area contributed by atoms with Gasteiger partial charge in [0, 0.05) is 24.1 Å². The number of methoxy groups -OCH3 is 3. The van der Waals surface area contributed by atoms with Gasteiger partial charge < -0.3 is 28.4 Å². The van der Waals surface area contributed by atoms with E-state index in [9.17, 15) is 4.79 Å². The molecule has 7 nitrogen and oxygen atoms in total. The molecule has 1 atom stereocenters. The fourth-order valence-corrected chi connectivity index (χ4v) is 3.22. The summed E-state index contributed by atoms with van der Waals surface area (Å²) < 4.78 is 27.4. The number of benzene rings is 1. The van der Waals surface area contributed by atoms with Gasteiger partial charge >= 0.3 is 0 Å². The van der Waals surface area contributed by atoms with Crippen LogP contribution in [0.4, 0.5) is 0 Å². The highest BCUT2D eigenvalue weighted by Crippen LogP contribution is 2.35. The van der Waals surface area contributed by atoms with E-state index >= 15 is 0 Å². The Morgan fingerprint density at radius 2 is 1.88 bits per heavy atom. The second-order valence-corrected chi connectivity index (χ2v) is 6.93. The third-order valence-corrected chi connectivity index (χ3v) is 4.83. The molecule has 7 heteroatoms. The van der Waals surface area contributed by atoms with Crippen molar-refractivity contribution in [1.82, 2.24) is 5.32 Å². The first-order chi connectivity index (χ1) is 15.6. The highest BCUT2D eigenvalue weighted by Gasteiger charge is 2.18. The molecule has 3 aromatic rings. The summed E-state index contributed by atoms with van der Waals surface area (Å²) >= 11 is 0. The maximum absolute atomic E-state index is 12.7. The summed E-state index contributed by atoms with van der Waals surface area (Å²) in [6.45, 7) is 3.76. The fourth-order valence-electron chi connectivity index (χ4n) is 3.22. The normalized spacial score (nSPS) is 11.8. The Bertz CT molecular complexity index is 1040. The van der Waals surface area contributed by atoms with Gasteiger partial charge in [-0.1, -0.05) is 12.2 Å². The molecule has 0 radical (unpaired) electrons. The average molecular weight is 437 g/mol. The number of carbonyl (C=O) groups is 1. The second-order valence-electron chi connectivity index (χ2n) is 6.93. The number of amides is 1. The van der Waals surface area contributed by atoms with Gasteiger partial charge in [-0.3, -0.25) is 4.79 Å². The standard InChI is InChI=1S/C25H27NO6/c1-5-7-17(9-10-18-8-6-13-31-18)26-25(27)22-12-11-19(32-22)14-21-23(29-3)15-20(28-2)16-24(21)30-4/h5-6,8-13,15-17H,1,7,14H2,2-4H3,(H,26,27). The van der Waals surface area contributed by atoms with E-state index < -0.39 is 0 Å².